The maximum absolute atomic E-state index is 9.27. The minimum atomic E-state index is -0.282. The van der Waals surface area contributed by atoms with Gasteiger partial charge in [-0.05, 0) is 44.6 Å². The van der Waals surface area contributed by atoms with Gasteiger partial charge in [0.25, 0.3) is 0 Å². The van der Waals surface area contributed by atoms with Crippen LogP contribution in [-0.4, -0.2) is 11.2 Å². The Labute approximate surface area is 74.8 Å². The first-order chi connectivity index (χ1) is 5.70. The Morgan fingerprint density at radius 3 is 2.83 bits per heavy atom. The van der Waals surface area contributed by atoms with E-state index in [1.54, 1.807) is 0 Å². The molecule has 1 nitrogen and oxygen atoms in total. The second-order valence-electron chi connectivity index (χ2n) is 3.63. The smallest absolute Gasteiger partial charge is 0.0719 e. The molecule has 0 bridgehead atoms. The van der Waals surface area contributed by atoms with E-state index in [2.05, 4.69) is 18.2 Å². The van der Waals surface area contributed by atoms with E-state index >= 15 is 0 Å². The maximum atomic E-state index is 9.27. The Bertz CT molecular complexity index is 189. The van der Waals surface area contributed by atoms with Crippen molar-refractivity contribution in [2.45, 2.75) is 39.2 Å². The summed E-state index contributed by atoms with van der Waals surface area (Å²) in [6.07, 6.45) is 9.98. The Morgan fingerprint density at radius 2 is 2.33 bits per heavy atom. The Kier molecular flexibility index (Phi) is 3.54. The molecule has 0 saturated heterocycles. The van der Waals surface area contributed by atoms with Crippen LogP contribution in [0.5, 0.6) is 0 Å². The predicted octanol–water partition coefficient (Wildman–Crippen LogP) is 2.67. The second kappa shape index (κ2) is 4.46. The second-order valence-corrected chi connectivity index (χ2v) is 3.63. The molecule has 0 aromatic rings. The molecule has 0 fully saturated rings. The molecule has 1 aliphatic carbocycles. The van der Waals surface area contributed by atoms with Crippen molar-refractivity contribution in [1.29, 1.82) is 0 Å². The SMILES string of the molecule is CC(=CC1CC=CCC1)C(C)O. The lowest BCUT2D eigenvalue weighted by atomic mass is 9.92. The van der Waals surface area contributed by atoms with Gasteiger partial charge in [-0.3, -0.25) is 0 Å². The van der Waals surface area contributed by atoms with Gasteiger partial charge in [-0.15, -0.1) is 0 Å². The van der Waals surface area contributed by atoms with Crippen LogP contribution in [0.2, 0.25) is 0 Å². The fraction of sp³-hybridized carbons (Fsp3) is 0.636. The largest absolute Gasteiger partial charge is 0.389 e. The van der Waals surface area contributed by atoms with Crippen molar-refractivity contribution in [1.82, 2.24) is 0 Å². The Hall–Kier alpha value is -0.560. The molecule has 0 aliphatic heterocycles. The monoisotopic (exact) mass is 166 g/mol. The van der Waals surface area contributed by atoms with Crippen LogP contribution < -0.4 is 0 Å². The Morgan fingerprint density at radius 1 is 1.58 bits per heavy atom. The van der Waals surface area contributed by atoms with Crippen molar-refractivity contribution >= 4 is 0 Å². The number of hydrogen-bond acceptors (Lipinski definition) is 1. The van der Waals surface area contributed by atoms with Crippen LogP contribution in [0.15, 0.2) is 23.8 Å². The van der Waals surface area contributed by atoms with Crippen molar-refractivity contribution in [3.8, 4) is 0 Å². The van der Waals surface area contributed by atoms with E-state index in [9.17, 15) is 5.11 Å². The molecule has 1 N–H and O–H groups in total. The number of hydrogen-bond donors (Lipinski definition) is 1. The van der Waals surface area contributed by atoms with Crippen molar-refractivity contribution in [2.75, 3.05) is 0 Å². The number of aliphatic hydroxyl groups is 1. The Balaban J connectivity index is 2.48. The van der Waals surface area contributed by atoms with Gasteiger partial charge in [0.15, 0.2) is 0 Å². The van der Waals surface area contributed by atoms with Gasteiger partial charge in [-0.2, -0.15) is 0 Å². The van der Waals surface area contributed by atoms with Crippen molar-refractivity contribution < 1.29 is 5.11 Å². The van der Waals surface area contributed by atoms with E-state index in [0.29, 0.717) is 5.92 Å². The van der Waals surface area contributed by atoms with Crippen molar-refractivity contribution in [3.05, 3.63) is 23.8 Å². The highest BCUT2D eigenvalue weighted by atomic mass is 16.3. The van der Waals surface area contributed by atoms with Gasteiger partial charge in [-0.1, -0.05) is 18.2 Å². The quantitative estimate of drug-likeness (QED) is 0.625. The van der Waals surface area contributed by atoms with Crippen LogP contribution in [0.4, 0.5) is 0 Å². The number of allylic oxidation sites excluding steroid dienone is 3. The summed E-state index contributed by atoms with van der Waals surface area (Å²) in [5.41, 5.74) is 1.11. The third kappa shape index (κ3) is 2.82. The van der Waals surface area contributed by atoms with Gasteiger partial charge in [0.2, 0.25) is 0 Å². The molecule has 2 atom stereocenters. The maximum Gasteiger partial charge on any atom is 0.0719 e. The van der Waals surface area contributed by atoms with Crippen LogP contribution in [-0.2, 0) is 0 Å². The summed E-state index contributed by atoms with van der Waals surface area (Å²) in [6.45, 7) is 3.83. The molecule has 0 aromatic carbocycles. The highest BCUT2D eigenvalue weighted by molar-refractivity contribution is 5.08. The summed E-state index contributed by atoms with van der Waals surface area (Å²) in [4.78, 5) is 0. The van der Waals surface area contributed by atoms with Crippen LogP contribution in [0.3, 0.4) is 0 Å². The molecule has 0 radical (unpaired) electrons. The summed E-state index contributed by atoms with van der Waals surface area (Å²) >= 11 is 0. The predicted molar refractivity (Wildman–Crippen MR) is 51.9 cm³/mol. The zero-order valence-corrected chi connectivity index (χ0v) is 7.96. The minimum absolute atomic E-state index is 0.282. The lowest BCUT2D eigenvalue weighted by molar-refractivity contribution is 0.230. The highest BCUT2D eigenvalue weighted by Crippen LogP contribution is 2.21. The van der Waals surface area contributed by atoms with Crippen LogP contribution in [0.25, 0.3) is 0 Å². The van der Waals surface area contributed by atoms with E-state index < -0.39 is 0 Å². The van der Waals surface area contributed by atoms with E-state index in [1.165, 1.54) is 12.8 Å². The molecule has 0 heterocycles. The van der Waals surface area contributed by atoms with Crippen LogP contribution in [0.1, 0.15) is 33.1 Å². The van der Waals surface area contributed by atoms with Gasteiger partial charge in [0.1, 0.15) is 0 Å². The first kappa shape index (κ1) is 9.53. The number of aliphatic hydroxyl groups excluding tert-OH is 1. The summed E-state index contributed by atoms with van der Waals surface area (Å²) in [5.74, 6) is 0.657. The molecule has 2 unspecified atom stereocenters. The van der Waals surface area contributed by atoms with Crippen LogP contribution >= 0.6 is 0 Å². The van der Waals surface area contributed by atoms with Gasteiger partial charge in [0, 0.05) is 0 Å². The highest BCUT2D eigenvalue weighted by Gasteiger charge is 2.08. The average molecular weight is 166 g/mol. The molecular formula is C11H18O. The van der Waals surface area contributed by atoms with Gasteiger partial charge in [-0.25, -0.2) is 0 Å². The van der Waals surface area contributed by atoms with Crippen LogP contribution in [0, 0.1) is 5.92 Å². The van der Waals surface area contributed by atoms with E-state index in [4.69, 9.17) is 0 Å². The lowest BCUT2D eigenvalue weighted by Crippen LogP contribution is -2.05. The van der Waals surface area contributed by atoms with E-state index in [1.807, 2.05) is 13.8 Å². The fourth-order valence-corrected chi connectivity index (χ4v) is 1.48. The molecule has 1 rings (SSSR count). The van der Waals surface area contributed by atoms with Crippen molar-refractivity contribution in [3.63, 3.8) is 0 Å². The lowest BCUT2D eigenvalue weighted by Gasteiger charge is -2.15. The first-order valence-corrected chi connectivity index (χ1v) is 4.71. The standard InChI is InChI=1S/C11H18O/c1-9(10(2)12)8-11-6-4-3-5-7-11/h3-4,8,10-12H,5-7H2,1-2H3. The zero-order valence-electron chi connectivity index (χ0n) is 7.96. The fourth-order valence-electron chi connectivity index (χ4n) is 1.48. The van der Waals surface area contributed by atoms with Gasteiger partial charge >= 0.3 is 0 Å². The van der Waals surface area contributed by atoms with Gasteiger partial charge < -0.3 is 5.11 Å². The first-order valence-electron chi connectivity index (χ1n) is 4.71. The molecule has 12 heavy (non-hydrogen) atoms. The zero-order chi connectivity index (χ0) is 8.97. The summed E-state index contributed by atoms with van der Waals surface area (Å²) in [5, 5.41) is 9.27. The van der Waals surface area contributed by atoms with Crippen molar-refractivity contribution in [2.24, 2.45) is 5.92 Å². The van der Waals surface area contributed by atoms with E-state index in [-0.39, 0.29) is 6.10 Å². The topological polar surface area (TPSA) is 20.2 Å². The third-order valence-corrected chi connectivity index (χ3v) is 2.47. The normalized spacial score (nSPS) is 27.2. The molecule has 1 heteroatoms. The number of rotatable bonds is 2. The average Bonchev–Trinajstić information content (AvgIpc) is 2.06. The summed E-state index contributed by atoms with van der Waals surface area (Å²) in [6, 6.07) is 0. The molecule has 68 valence electrons. The summed E-state index contributed by atoms with van der Waals surface area (Å²) in [7, 11) is 0. The molecule has 0 aromatic heterocycles. The third-order valence-electron chi connectivity index (χ3n) is 2.47. The molecule has 0 spiro atoms. The molecular weight excluding hydrogens is 148 g/mol. The van der Waals surface area contributed by atoms with Gasteiger partial charge in [0.05, 0.1) is 6.10 Å². The molecule has 1 aliphatic rings. The molecule has 0 saturated carbocycles. The summed E-state index contributed by atoms with van der Waals surface area (Å²) < 4.78 is 0. The molecule has 0 amide bonds. The van der Waals surface area contributed by atoms with E-state index in [0.717, 1.165) is 12.0 Å². The minimum Gasteiger partial charge on any atom is -0.389 e.